The van der Waals surface area contributed by atoms with Gasteiger partial charge in [0, 0.05) is 28.8 Å². The molecule has 1 spiro atoms. The Morgan fingerprint density at radius 2 is 0.867 bits per heavy atom. The van der Waals surface area contributed by atoms with Crippen LogP contribution in [0.3, 0.4) is 0 Å². The molecule has 2 aliphatic heterocycles. The molecule has 2 aromatic heterocycles. The first kappa shape index (κ1) is 54.7. The van der Waals surface area contributed by atoms with Crippen molar-refractivity contribution < 1.29 is 24.1 Å². The first-order chi connectivity index (χ1) is 44.2. The Balaban J connectivity index is 0.865. The van der Waals surface area contributed by atoms with Crippen molar-refractivity contribution in [1.29, 1.82) is 0 Å². The number of imidazole rings is 1. The summed E-state index contributed by atoms with van der Waals surface area (Å²) >= 11 is 2.50. The molecule has 0 saturated carbocycles. The van der Waals surface area contributed by atoms with Crippen molar-refractivity contribution in [2.75, 3.05) is 9.80 Å². The van der Waals surface area contributed by atoms with E-state index in [1.165, 1.54) is 38.9 Å². The molecule has 434 valence electrons. The SMILES string of the molecule is Cc1cc(N2c3[c-]c(Oc4[c-]c(-n5[c](=[Pt])n(-c6c(-c7ccccc7)cccc6-c6ccccc6)c6ccccc65)ccc4)ccc3C3(c4ccccc42)c2ccccc2N(c2cc(C)c(C)c(C)c2)c2ccccc23)ncc1-c1ccc(-c2ccccc2)cc1. The third-order valence-corrected chi connectivity index (χ3v) is 19.3. The molecule has 12 aromatic carbocycles. The quantitative estimate of drug-likeness (QED) is 0.128. The summed E-state index contributed by atoms with van der Waals surface area (Å²) in [7, 11) is 0. The predicted molar refractivity (Wildman–Crippen MR) is 363 cm³/mol. The van der Waals surface area contributed by atoms with E-state index in [2.05, 4.69) is 351 Å². The van der Waals surface area contributed by atoms with E-state index < -0.39 is 5.41 Å². The molecule has 90 heavy (non-hydrogen) atoms. The average molecular weight is 1340 g/mol. The minimum atomic E-state index is -0.807. The number of nitrogens with zero attached hydrogens (tertiary/aromatic N) is 5. The van der Waals surface area contributed by atoms with Crippen LogP contribution in [0.2, 0.25) is 0 Å². The number of rotatable bonds is 10. The van der Waals surface area contributed by atoms with Crippen molar-refractivity contribution in [2.24, 2.45) is 0 Å². The molecule has 0 atom stereocenters. The van der Waals surface area contributed by atoms with Gasteiger partial charge in [0.05, 0.1) is 0 Å². The van der Waals surface area contributed by atoms with Crippen LogP contribution in [0, 0.1) is 43.6 Å². The molecule has 16 rings (SSSR count). The van der Waals surface area contributed by atoms with Gasteiger partial charge in [-0.15, -0.1) is 0 Å². The van der Waals surface area contributed by atoms with Crippen LogP contribution in [-0.4, -0.2) is 14.1 Å². The molecule has 0 amide bonds. The van der Waals surface area contributed by atoms with Gasteiger partial charge in [0.1, 0.15) is 0 Å². The zero-order valence-corrected chi connectivity index (χ0v) is 52.4. The van der Waals surface area contributed by atoms with Gasteiger partial charge >= 0.3 is 306 Å². The first-order valence-corrected chi connectivity index (χ1v) is 31.6. The Morgan fingerprint density at radius 3 is 1.46 bits per heavy atom. The molecule has 2 aliphatic rings. The molecule has 0 fully saturated rings. The number of fused-ring (bicyclic) bond motifs is 9. The fourth-order valence-electron chi connectivity index (χ4n) is 14.0. The van der Waals surface area contributed by atoms with Gasteiger partial charge in [-0.2, -0.15) is 0 Å². The Kier molecular flexibility index (Phi) is 13.5. The summed E-state index contributed by atoms with van der Waals surface area (Å²) in [6, 6.07) is 108. The molecule has 0 N–H and O–H groups in total. The Morgan fingerprint density at radius 1 is 0.389 bits per heavy atom. The molecule has 4 heterocycles. The van der Waals surface area contributed by atoms with Crippen LogP contribution in [0.4, 0.5) is 34.3 Å². The van der Waals surface area contributed by atoms with E-state index in [0.29, 0.717) is 11.5 Å². The van der Waals surface area contributed by atoms with Crippen molar-refractivity contribution in [2.45, 2.75) is 33.1 Å². The minimum Gasteiger partial charge on any atom is -0.310 e. The summed E-state index contributed by atoms with van der Waals surface area (Å²) in [5.41, 5.74) is 27.0. The Bertz CT molecular complexity index is 5060. The van der Waals surface area contributed by atoms with Gasteiger partial charge in [-0.1, -0.05) is 109 Å². The number of pyridine rings is 1. The van der Waals surface area contributed by atoms with Crippen LogP contribution in [0.25, 0.3) is 66.9 Å². The van der Waals surface area contributed by atoms with Gasteiger partial charge in [0.2, 0.25) is 0 Å². The van der Waals surface area contributed by atoms with E-state index in [9.17, 15) is 0 Å². The van der Waals surface area contributed by atoms with E-state index in [-0.39, 0.29) is 0 Å². The Labute approximate surface area is 535 Å². The van der Waals surface area contributed by atoms with Gasteiger partial charge in [0.15, 0.2) is 0 Å². The van der Waals surface area contributed by atoms with Crippen LogP contribution in [0.5, 0.6) is 11.5 Å². The normalized spacial score (nSPS) is 12.8. The predicted octanol–water partition coefficient (Wildman–Crippen LogP) is 21.1. The summed E-state index contributed by atoms with van der Waals surface area (Å²) in [6.07, 6.45) is 2.03. The Hall–Kier alpha value is -10.7. The molecule has 14 aromatic rings. The fourth-order valence-corrected chi connectivity index (χ4v) is 15.0. The van der Waals surface area contributed by atoms with Crippen molar-refractivity contribution >= 4 is 45.3 Å². The van der Waals surface area contributed by atoms with Crippen molar-refractivity contribution in [3.8, 4) is 67.4 Å². The monoisotopic (exact) mass is 1340 g/mol. The second-order valence-corrected chi connectivity index (χ2v) is 24.4. The summed E-state index contributed by atoms with van der Waals surface area (Å²) in [5.74, 6) is 1.88. The zero-order valence-electron chi connectivity index (χ0n) is 50.1. The van der Waals surface area contributed by atoms with Gasteiger partial charge < -0.3 is 4.90 Å². The summed E-state index contributed by atoms with van der Waals surface area (Å²) in [4.78, 5) is 10.2. The maximum absolute atomic E-state index is 7.15. The molecule has 0 radical (unpaired) electrons. The van der Waals surface area contributed by atoms with E-state index >= 15 is 0 Å². The fraction of sp³-hybridized carbons (Fsp3) is 0.0602. The van der Waals surface area contributed by atoms with Gasteiger partial charge in [-0.05, 0) is 90.9 Å². The van der Waals surface area contributed by atoms with Crippen LogP contribution < -0.4 is 14.5 Å². The molecule has 6 nitrogen and oxygen atoms in total. The van der Waals surface area contributed by atoms with Crippen LogP contribution >= 0.6 is 0 Å². The molecule has 0 unspecified atom stereocenters. The van der Waals surface area contributed by atoms with Gasteiger partial charge in [0.25, 0.3) is 0 Å². The number of para-hydroxylation sites is 6. The number of aryl methyl sites for hydroxylation is 3. The van der Waals surface area contributed by atoms with Gasteiger partial charge in [-0.3, -0.25) is 0 Å². The smallest absolute Gasteiger partial charge is 0.310 e. The van der Waals surface area contributed by atoms with E-state index in [4.69, 9.17) is 9.72 Å². The van der Waals surface area contributed by atoms with E-state index in [1.807, 2.05) is 12.3 Å². The van der Waals surface area contributed by atoms with Crippen molar-refractivity contribution in [3.05, 3.63) is 346 Å². The molecular formula is C83H59N5OPt-2. The van der Waals surface area contributed by atoms with Crippen LogP contribution in [-0.2, 0) is 24.8 Å². The second kappa shape index (κ2) is 22.2. The third-order valence-electron chi connectivity index (χ3n) is 18.3. The maximum atomic E-state index is 7.15. The minimum absolute atomic E-state index is 0.546. The van der Waals surface area contributed by atoms with Crippen LogP contribution in [0.1, 0.15) is 44.5 Å². The van der Waals surface area contributed by atoms with E-state index in [1.54, 1.807) is 0 Å². The molecule has 0 aliphatic carbocycles. The van der Waals surface area contributed by atoms with E-state index in [0.717, 1.165) is 111 Å². The van der Waals surface area contributed by atoms with Crippen LogP contribution in [0.15, 0.2) is 285 Å². The molecular weight excluding hydrogens is 1280 g/mol. The van der Waals surface area contributed by atoms with Crippen molar-refractivity contribution in [3.63, 3.8) is 0 Å². The third kappa shape index (κ3) is 8.88. The van der Waals surface area contributed by atoms with Crippen molar-refractivity contribution in [1.82, 2.24) is 14.1 Å². The number of ether oxygens (including phenoxy) is 1. The second-order valence-electron chi connectivity index (χ2n) is 23.4. The van der Waals surface area contributed by atoms with Gasteiger partial charge in [-0.25, -0.2) is 0 Å². The summed E-state index contributed by atoms with van der Waals surface area (Å²) in [5, 5.41) is 0. The molecule has 0 saturated heterocycles. The number of anilines is 6. The first-order valence-electron chi connectivity index (χ1n) is 30.5. The molecule has 0 bridgehead atoms. The number of aromatic nitrogens is 3. The molecule has 7 heteroatoms. The topological polar surface area (TPSA) is 38.5 Å². The summed E-state index contributed by atoms with van der Waals surface area (Å²) < 4.78 is 12.8. The zero-order chi connectivity index (χ0) is 60.6. The number of hydrogen-bond acceptors (Lipinski definition) is 4. The summed E-state index contributed by atoms with van der Waals surface area (Å²) in [6.45, 7) is 8.84. The number of hydrogen-bond donors (Lipinski definition) is 0. The standard InChI is InChI=1S/C83H59N5O.Pt/c1-55-48-65(49-56(2)58(55)4)87-75-37-17-14-34-71(75)83(72-35-15-18-38-76(72)87)73-36-16-19-39-77(73)88(81-50-57(3)70(53-84-81)63-44-42-60(43-45-63)59-24-8-5-9-25-59)80-52-67(46-47-74(80)83)89-66-31-22-30-64(51-66)85-54-86(79-41-21-20-40-78(79)85)82-68(61-26-10-6-11-27-61)32-23-33-69(82)62-28-12-7-13-29-62;/h5-50,53H,1-4H3;/q-2;. The average Bonchev–Trinajstić information content (AvgIpc) is 0.830. The number of benzene rings is 12.